The van der Waals surface area contributed by atoms with E-state index in [4.69, 9.17) is 8.42 Å². The van der Waals surface area contributed by atoms with Crippen LogP contribution in [0, 0.1) is 0 Å². The second-order valence-electron chi connectivity index (χ2n) is 1.53. The molecule has 0 N–H and O–H groups in total. The molecular weight excluding hydrogens is 230 g/mol. The van der Waals surface area contributed by atoms with Crippen LogP contribution in [0.5, 0.6) is 0 Å². The maximum absolute atomic E-state index is 9.16. The van der Waals surface area contributed by atoms with Gasteiger partial charge in [-0.25, -0.2) is 0 Å². The zero-order valence-corrected chi connectivity index (χ0v) is 10.8. The van der Waals surface area contributed by atoms with Crippen molar-refractivity contribution in [3.63, 3.8) is 0 Å². The third kappa shape index (κ3) is 22.4. The van der Waals surface area contributed by atoms with Crippen LogP contribution in [0.1, 0.15) is 0 Å². The summed E-state index contributed by atoms with van der Waals surface area (Å²) in [5.41, 5.74) is 0. The fourth-order valence-electron chi connectivity index (χ4n) is 0.385. The zero-order valence-electron chi connectivity index (χ0n) is 6.44. The monoisotopic (exact) mass is 235 g/mol. The molecule has 6 heteroatoms. The van der Waals surface area contributed by atoms with Gasteiger partial charge in [0.05, 0.1) is 0 Å². The summed E-state index contributed by atoms with van der Waals surface area (Å²) in [7, 11) is 4.81. The number of hydrogen-bond acceptors (Lipinski definition) is 2. The van der Waals surface area contributed by atoms with Crippen molar-refractivity contribution in [2.45, 2.75) is 0 Å². The average molecular weight is 236 g/mol. The van der Waals surface area contributed by atoms with E-state index in [1.54, 1.807) is 0 Å². The average Bonchev–Trinajstić information content (AvgIpc) is 1.88. The number of halogens is 2. The Labute approximate surface area is 103 Å². The minimum absolute atomic E-state index is 0. The molecule has 0 aromatic heterocycles. The van der Waals surface area contributed by atoms with Gasteiger partial charge in [-0.05, 0) is 0 Å². The maximum atomic E-state index is 9.16. The van der Waals surface area contributed by atoms with E-state index in [-0.39, 0.29) is 29.6 Å². The first kappa shape index (κ1) is 15.2. The van der Waals surface area contributed by atoms with E-state index >= 15 is 0 Å². The quantitative estimate of drug-likeness (QED) is 0.510. The summed E-state index contributed by atoms with van der Waals surface area (Å²) in [5, 5.41) is 0. The molecule has 0 saturated carbocycles. The van der Waals surface area contributed by atoms with Gasteiger partial charge in [-0.1, -0.05) is 36.4 Å². The molecule has 0 fully saturated rings. The Morgan fingerprint density at radius 3 is 0.917 bits per heavy atom. The van der Waals surface area contributed by atoms with Gasteiger partial charge in [0.15, 0.2) is 0 Å². The van der Waals surface area contributed by atoms with E-state index in [1.165, 1.54) is 0 Å². The molecule has 63 valence electrons. The molecule has 1 rings (SSSR count). The molecule has 0 bridgehead atoms. The van der Waals surface area contributed by atoms with Gasteiger partial charge in [0.2, 0.25) is 0 Å². The minimum Gasteiger partial charge on any atom is -0.195 e. The predicted molar refractivity (Wildman–Crippen MR) is 52.8 cm³/mol. The number of hydrogen-bond donors (Lipinski definition) is 0. The first-order valence-electron chi connectivity index (χ1n) is 2.64. The SMILES string of the molecule is O=S(=O)(Cl)Cl.[Na].c1ccccc1. The van der Waals surface area contributed by atoms with Crippen LogP contribution in [-0.4, -0.2) is 38.0 Å². The normalized spacial score (nSPS) is 8.83. The summed E-state index contributed by atoms with van der Waals surface area (Å²) < 4.78 is 18.3. The van der Waals surface area contributed by atoms with Crippen molar-refractivity contribution in [2.75, 3.05) is 0 Å². The number of rotatable bonds is 0. The van der Waals surface area contributed by atoms with E-state index in [9.17, 15) is 0 Å². The summed E-state index contributed by atoms with van der Waals surface area (Å²) in [5.74, 6) is 0. The number of benzene rings is 1. The second-order valence-corrected chi connectivity index (χ2v) is 5.20. The molecular formula is C6H6Cl2NaO2S. The van der Waals surface area contributed by atoms with Crippen LogP contribution in [0.25, 0.3) is 0 Å². The largest absolute Gasteiger partial charge is 0.317 e. The molecule has 0 spiro atoms. The fraction of sp³-hybridized carbons (Fsp3) is 0. The van der Waals surface area contributed by atoms with E-state index in [1.807, 2.05) is 36.4 Å². The summed E-state index contributed by atoms with van der Waals surface area (Å²) in [6.07, 6.45) is 0. The van der Waals surface area contributed by atoms with E-state index in [0.29, 0.717) is 0 Å². The Morgan fingerprint density at radius 2 is 0.833 bits per heavy atom. The van der Waals surface area contributed by atoms with Crippen LogP contribution >= 0.6 is 21.4 Å². The molecule has 0 atom stereocenters. The van der Waals surface area contributed by atoms with Crippen molar-refractivity contribution in [2.24, 2.45) is 0 Å². The standard InChI is InChI=1S/C6H6.Cl2O2S.Na/c1-2-4-6-5-3-1;1-5(2,3)4;/h1-6H;;. The molecule has 0 aliphatic carbocycles. The maximum Gasteiger partial charge on any atom is 0.317 e. The van der Waals surface area contributed by atoms with Crippen LogP contribution in [0.2, 0.25) is 0 Å². The van der Waals surface area contributed by atoms with E-state index in [0.717, 1.165) is 0 Å². The van der Waals surface area contributed by atoms with Crippen LogP contribution < -0.4 is 0 Å². The van der Waals surface area contributed by atoms with Crippen LogP contribution in [0.4, 0.5) is 0 Å². The molecule has 0 heterocycles. The molecule has 12 heavy (non-hydrogen) atoms. The van der Waals surface area contributed by atoms with Crippen molar-refractivity contribution in [1.82, 2.24) is 0 Å². The van der Waals surface area contributed by atoms with Gasteiger partial charge in [0.25, 0.3) is 0 Å². The van der Waals surface area contributed by atoms with Crippen molar-refractivity contribution in [3.8, 4) is 0 Å². The summed E-state index contributed by atoms with van der Waals surface area (Å²) in [6, 6.07) is 12.0. The predicted octanol–water partition coefficient (Wildman–Crippen LogP) is 2.01. The van der Waals surface area contributed by atoms with Gasteiger partial charge >= 0.3 is 8.26 Å². The van der Waals surface area contributed by atoms with Gasteiger partial charge in [0, 0.05) is 50.9 Å². The van der Waals surface area contributed by atoms with Crippen LogP contribution in [0.15, 0.2) is 36.4 Å². The molecule has 1 aromatic carbocycles. The minimum atomic E-state index is -3.72. The molecule has 0 aliphatic heterocycles. The summed E-state index contributed by atoms with van der Waals surface area (Å²) in [4.78, 5) is 0. The molecule has 0 unspecified atom stereocenters. The van der Waals surface area contributed by atoms with E-state index < -0.39 is 8.26 Å². The Bertz CT molecular complexity index is 240. The molecule has 0 amide bonds. The van der Waals surface area contributed by atoms with Gasteiger partial charge in [-0.3, -0.25) is 0 Å². The Hall–Kier alpha value is 0.750. The third-order valence-electron chi connectivity index (χ3n) is 0.667. The molecule has 1 radical (unpaired) electrons. The van der Waals surface area contributed by atoms with Gasteiger partial charge in [-0.2, -0.15) is 8.42 Å². The zero-order chi connectivity index (χ0) is 8.74. The van der Waals surface area contributed by atoms with Crippen molar-refractivity contribution in [3.05, 3.63) is 36.4 Å². The molecule has 2 nitrogen and oxygen atoms in total. The van der Waals surface area contributed by atoms with Crippen molar-refractivity contribution in [1.29, 1.82) is 0 Å². The fourth-order valence-corrected chi connectivity index (χ4v) is 0.385. The molecule has 0 saturated heterocycles. The Kier molecular flexibility index (Phi) is 10.6. The Morgan fingerprint density at radius 1 is 0.750 bits per heavy atom. The summed E-state index contributed by atoms with van der Waals surface area (Å²) >= 11 is 0. The Balaban J connectivity index is 0. The second kappa shape index (κ2) is 8.35. The first-order valence-corrected chi connectivity index (χ1v) is 5.78. The van der Waals surface area contributed by atoms with E-state index in [2.05, 4.69) is 21.4 Å². The van der Waals surface area contributed by atoms with Crippen molar-refractivity contribution < 1.29 is 8.42 Å². The first-order chi connectivity index (χ1) is 5.00. The molecule has 0 aliphatic rings. The topological polar surface area (TPSA) is 34.1 Å². The smallest absolute Gasteiger partial charge is 0.195 e. The van der Waals surface area contributed by atoms with Crippen molar-refractivity contribution >= 4 is 59.2 Å². The third-order valence-corrected chi connectivity index (χ3v) is 0.667. The molecule has 1 aromatic rings. The van der Waals surface area contributed by atoms with Gasteiger partial charge in [0.1, 0.15) is 0 Å². The van der Waals surface area contributed by atoms with Crippen LogP contribution in [0.3, 0.4) is 0 Å². The van der Waals surface area contributed by atoms with Gasteiger partial charge in [-0.15, -0.1) is 0 Å². The van der Waals surface area contributed by atoms with Gasteiger partial charge < -0.3 is 0 Å². The summed E-state index contributed by atoms with van der Waals surface area (Å²) in [6.45, 7) is 0. The van der Waals surface area contributed by atoms with Crippen LogP contribution in [-0.2, 0) is 8.26 Å².